The van der Waals surface area contributed by atoms with Gasteiger partial charge in [0.15, 0.2) is 6.10 Å². The zero-order valence-corrected chi connectivity index (χ0v) is 16.0. The van der Waals surface area contributed by atoms with Crippen molar-refractivity contribution in [3.05, 3.63) is 66.9 Å². The smallest absolute Gasteiger partial charge is 0.328 e. The number of aromatic amines is 1. The summed E-state index contributed by atoms with van der Waals surface area (Å²) in [4.78, 5) is 48.7. The first kappa shape index (κ1) is 20.7. The first-order chi connectivity index (χ1) is 12.7. The molecule has 0 fully saturated rings. The molecule has 0 bridgehead atoms. The van der Waals surface area contributed by atoms with Crippen molar-refractivity contribution in [2.75, 3.05) is 0 Å². The molecule has 2 aromatic rings. The Labute approximate surface area is 164 Å². The number of nitrogens with one attached hydrogen (secondary N) is 2. The van der Waals surface area contributed by atoms with Crippen LogP contribution >= 0.6 is 23.2 Å². The lowest BCUT2D eigenvalue weighted by atomic mass is 10.1. The fourth-order valence-corrected chi connectivity index (χ4v) is 2.83. The van der Waals surface area contributed by atoms with Crippen LogP contribution in [0.1, 0.15) is 25.5 Å². The van der Waals surface area contributed by atoms with Gasteiger partial charge in [0.1, 0.15) is 6.54 Å². The first-order valence-electron chi connectivity index (χ1n) is 7.92. The molecule has 1 aromatic heterocycles. The van der Waals surface area contributed by atoms with Crippen LogP contribution in [-0.4, -0.2) is 27.5 Å². The molecule has 0 spiro atoms. The number of carbonyl (C=O) groups excluding carboxylic acids is 2. The van der Waals surface area contributed by atoms with Gasteiger partial charge in [0.25, 0.3) is 11.5 Å². The highest BCUT2D eigenvalue weighted by atomic mass is 35.5. The van der Waals surface area contributed by atoms with Gasteiger partial charge < -0.3 is 10.1 Å². The topological polar surface area (TPSA) is 110 Å². The van der Waals surface area contributed by atoms with Gasteiger partial charge in [0.2, 0.25) is 0 Å². The number of ether oxygens (including phenoxy) is 1. The van der Waals surface area contributed by atoms with Gasteiger partial charge in [-0.25, -0.2) is 4.79 Å². The SMILES string of the molecule is C[C@@H](OC(=O)Cn1ccc(=O)[nH]c1=O)C(=O)N[C@H](C)c1ccc(Cl)cc1Cl. The van der Waals surface area contributed by atoms with Crippen LogP contribution in [0.25, 0.3) is 0 Å². The van der Waals surface area contributed by atoms with Gasteiger partial charge in [-0.2, -0.15) is 0 Å². The standard InChI is InChI=1S/C17H17Cl2N3O5/c1-9(12-4-3-11(18)7-13(12)19)20-16(25)10(2)27-15(24)8-22-6-5-14(23)21-17(22)26/h3-7,9-10H,8H2,1-2H3,(H,20,25)(H,21,23,26)/t9-,10-/m1/s1. The summed E-state index contributed by atoms with van der Waals surface area (Å²) in [6.45, 7) is 2.69. The third-order valence-corrected chi connectivity index (χ3v) is 4.22. The van der Waals surface area contributed by atoms with Crippen LogP contribution in [0, 0.1) is 0 Å². The molecule has 144 valence electrons. The molecular weight excluding hydrogens is 397 g/mol. The predicted octanol–water partition coefficient (Wildman–Crippen LogP) is 1.65. The first-order valence-corrected chi connectivity index (χ1v) is 8.67. The van der Waals surface area contributed by atoms with Crippen molar-refractivity contribution < 1.29 is 14.3 Å². The van der Waals surface area contributed by atoms with Crippen molar-refractivity contribution in [3.8, 4) is 0 Å². The van der Waals surface area contributed by atoms with Crippen LogP contribution in [0.2, 0.25) is 10.0 Å². The minimum absolute atomic E-state index is 0.400. The van der Waals surface area contributed by atoms with Crippen molar-refractivity contribution in [2.24, 2.45) is 0 Å². The van der Waals surface area contributed by atoms with E-state index < -0.39 is 41.8 Å². The maximum atomic E-state index is 12.2. The number of rotatable bonds is 6. The summed E-state index contributed by atoms with van der Waals surface area (Å²) in [6, 6.07) is 5.56. The fourth-order valence-electron chi connectivity index (χ4n) is 2.26. The summed E-state index contributed by atoms with van der Waals surface area (Å²) in [6.07, 6.45) is 0.0714. The monoisotopic (exact) mass is 413 g/mol. The molecule has 27 heavy (non-hydrogen) atoms. The van der Waals surface area contributed by atoms with Crippen molar-refractivity contribution in [2.45, 2.75) is 32.5 Å². The molecule has 10 heteroatoms. The summed E-state index contributed by atoms with van der Waals surface area (Å²) >= 11 is 12.0. The second kappa shape index (κ2) is 8.88. The van der Waals surface area contributed by atoms with Crippen molar-refractivity contribution in [3.63, 3.8) is 0 Å². The number of halogens is 2. The number of nitrogens with zero attached hydrogens (tertiary/aromatic N) is 1. The summed E-state index contributed by atoms with van der Waals surface area (Å²) in [5.74, 6) is -1.33. The molecule has 0 radical (unpaired) electrons. The van der Waals surface area contributed by atoms with Gasteiger partial charge >= 0.3 is 11.7 Å². The Hall–Kier alpha value is -2.58. The molecule has 8 nitrogen and oxygen atoms in total. The Morgan fingerprint density at radius 3 is 2.56 bits per heavy atom. The van der Waals surface area contributed by atoms with E-state index in [9.17, 15) is 19.2 Å². The van der Waals surface area contributed by atoms with Crippen LogP contribution in [-0.2, 0) is 20.9 Å². The van der Waals surface area contributed by atoms with E-state index in [2.05, 4.69) is 5.32 Å². The molecule has 0 aliphatic rings. The molecule has 0 unspecified atom stereocenters. The van der Waals surface area contributed by atoms with Gasteiger partial charge in [-0.15, -0.1) is 0 Å². The van der Waals surface area contributed by atoms with Crippen LogP contribution in [0.15, 0.2) is 40.1 Å². The Morgan fingerprint density at radius 1 is 1.22 bits per heavy atom. The molecule has 2 atom stereocenters. The highest BCUT2D eigenvalue weighted by Crippen LogP contribution is 2.26. The number of hydrogen-bond donors (Lipinski definition) is 2. The Morgan fingerprint density at radius 2 is 1.93 bits per heavy atom. The normalized spacial score (nSPS) is 12.9. The fraction of sp³-hybridized carbons (Fsp3) is 0.294. The number of H-pyrrole nitrogens is 1. The minimum atomic E-state index is -1.09. The third-order valence-electron chi connectivity index (χ3n) is 3.66. The van der Waals surface area contributed by atoms with Gasteiger partial charge in [0.05, 0.1) is 6.04 Å². The van der Waals surface area contributed by atoms with E-state index >= 15 is 0 Å². The molecule has 0 aliphatic carbocycles. The molecule has 1 aromatic carbocycles. The molecule has 2 rings (SSSR count). The van der Waals surface area contributed by atoms with E-state index in [1.54, 1.807) is 25.1 Å². The lowest BCUT2D eigenvalue weighted by Gasteiger charge is -2.19. The van der Waals surface area contributed by atoms with E-state index in [1.807, 2.05) is 4.98 Å². The van der Waals surface area contributed by atoms with Crippen molar-refractivity contribution in [1.82, 2.24) is 14.9 Å². The number of hydrogen-bond acceptors (Lipinski definition) is 5. The second-order valence-electron chi connectivity index (χ2n) is 5.77. The van der Waals surface area contributed by atoms with E-state index in [1.165, 1.54) is 6.92 Å². The zero-order valence-electron chi connectivity index (χ0n) is 14.5. The summed E-state index contributed by atoms with van der Waals surface area (Å²) in [5, 5.41) is 3.56. The van der Waals surface area contributed by atoms with Crippen LogP contribution in [0.4, 0.5) is 0 Å². The third kappa shape index (κ3) is 5.70. The van der Waals surface area contributed by atoms with Crippen molar-refractivity contribution in [1.29, 1.82) is 0 Å². The number of carbonyl (C=O) groups is 2. The van der Waals surface area contributed by atoms with E-state index in [-0.39, 0.29) is 0 Å². The molecule has 0 saturated heterocycles. The largest absolute Gasteiger partial charge is 0.451 e. The highest BCUT2D eigenvalue weighted by Gasteiger charge is 2.21. The predicted molar refractivity (Wildman–Crippen MR) is 99.9 cm³/mol. The Balaban J connectivity index is 1.95. The summed E-state index contributed by atoms with van der Waals surface area (Å²) < 4.78 is 5.99. The average molecular weight is 414 g/mol. The lowest BCUT2D eigenvalue weighted by Crippen LogP contribution is -2.39. The van der Waals surface area contributed by atoms with Gasteiger partial charge in [-0.1, -0.05) is 29.3 Å². The Kier molecular flexibility index (Phi) is 6.81. The lowest BCUT2D eigenvalue weighted by molar-refractivity contribution is -0.155. The van der Waals surface area contributed by atoms with E-state index in [0.29, 0.717) is 15.6 Å². The van der Waals surface area contributed by atoms with E-state index in [4.69, 9.17) is 27.9 Å². The van der Waals surface area contributed by atoms with Crippen molar-refractivity contribution >= 4 is 35.1 Å². The van der Waals surface area contributed by atoms with Crippen LogP contribution in [0.5, 0.6) is 0 Å². The number of benzene rings is 1. The maximum absolute atomic E-state index is 12.2. The molecule has 0 aliphatic heterocycles. The molecule has 1 heterocycles. The van der Waals surface area contributed by atoms with Gasteiger partial charge in [-0.3, -0.25) is 23.9 Å². The molecule has 2 N–H and O–H groups in total. The average Bonchev–Trinajstić information content (AvgIpc) is 2.57. The van der Waals surface area contributed by atoms with Gasteiger partial charge in [0, 0.05) is 22.3 Å². The molecular formula is C17H17Cl2N3O5. The van der Waals surface area contributed by atoms with Crippen LogP contribution < -0.4 is 16.6 Å². The molecule has 0 saturated carbocycles. The quantitative estimate of drug-likeness (QED) is 0.699. The second-order valence-corrected chi connectivity index (χ2v) is 6.61. The summed E-state index contributed by atoms with van der Waals surface area (Å²) in [5.41, 5.74) is -0.664. The number of aromatic nitrogens is 2. The number of esters is 1. The zero-order chi connectivity index (χ0) is 20.1. The highest BCUT2D eigenvalue weighted by molar-refractivity contribution is 6.35. The van der Waals surface area contributed by atoms with E-state index in [0.717, 1.165) is 16.8 Å². The minimum Gasteiger partial charge on any atom is -0.451 e. The Bertz CT molecular complexity index is 970. The maximum Gasteiger partial charge on any atom is 0.328 e. The molecule has 1 amide bonds. The number of amides is 1. The van der Waals surface area contributed by atoms with Crippen LogP contribution in [0.3, 0.4) is 0 Å². The van der Waals surface area contributed by atoms with Gasteiger partial charge in [-0.05, 0) is 31.5 Å². The summed E-state index contributed by atoms with van der Waals surface area (Å²) in [7, 11) is 0.